The van der Waals surface area contributed by atoms with Crippen LogP contribution in [-0.2, 0) is 0 Å². The van der Waals surface area contributed by atoms with Crippen LogP contribution < -0.4 is 15.3 Å². The van der Waals surface area contributed by atoms with Crippen molar-refractivity contribution in [2.45, 2.75) is 0 Å². The molecule has 2 nitrogen and oxygen atoms in total. The number of rotatable bonds is 0. The molecule has 3 rings (SSSR count). The lowest BCUT2D eigenvalue weighted by atomic mass is 10.2. The first-order chi connectivity index (χ1) is 6.36. The first-order valence-electron chi connectivity index (χ1n) is 4.45. The normalized spacial score (nSPS) is 16.5. The molecule has 0 amide bonds. The zero-order valence-electron chi connectivity index (χ0n) is 7.49. The SMILES string of the molecule is CN1CC=c2c1ccc1c2=CC=N1. The van der Waals surface area contributed by atoms with Crippen molar-refractivity contribution in [3.05, 3.63) is 22.6 Å². The van der Waals surface area contributed by atoms with Crippen molar-refractivity contribution in [1.29, 1.82) is 0 Å². The van der Waals surface area contributed by atoms with E-state index in [1.807, 2.05) is 6.21 Å². The predicted octanol–water partition coefficient (Wildman–Crippen LogP) is 0.413. The van der Waals surface area contributed by atoms with Gasteiger partial charge in [0, 0.05) is 35.9 Å². The second-order valence-electron chi connectivity index (χ2n) is 3.46. The molecule has 1 aromatic rings. The van der Waals surface area contributed by atoms with Crippen molar-refractivity contribution in [1.82, 2.24) is 0 Å². The van der Waals surface area contributed by atoms with Crippen LogP contribution in [0.4, 0.5) is 11.4 Å². The Balaban J connectivity index is 2.46. The van der Waals surface area contributed by atoms with Crippen molar-refractivity contribution >= 4 is 29.7 Å². The van der Waals surface area contributed by atoms with Crippen molar-refractivity contribution in [2.75, 3.05) is 18.5 Å². The lowest BCUT2D eigenvalue weighted by Gasteiger charge is -2.11. The molecular weight excluding hydrogens is 160 g/mol. The third-order valence-corrected chi connectivity index (χ3v) is 2.68. The molecular formula is C11H10N2. The fraction of sp³-hybridized carbons (Fsp3) is 0.182. The average molecular weight is 170 g/mol. The van der Waals surface area contributed by atoms with Gasteiger partial charge in [0.05, 0.1) is 5.69 Å². The molecule has 0 saturated heterocycles. The number of nitrogens with zero attached hydrogens (tertiary/aromatic N) is 2. The van der Waals surface area contributed by atoms with E-state index in [0.29, 0.717) is 0 Å². The number of anilines is 1. The number of fused-ring (bicyclic) bond motifs is 3. The standard InChI is InChI=1S/C11H10N2/c1-13-7-5-9-8-4-6-12-10(8)2-3-11(9)13/h2-6H,7H2,1H3. The van der Waals surface area contributed by atoms with Crippen LogP contribution in [-0.4, -0.2) is 19.8 Å². The van der Waals surface area contributed by atoms with Gasteiger partial charge in [-0.25, -0.2) is 0 Å². The van der Waals surface area contributed by atoms with Gasteiger partial charge in [0.2, 0.25) is 0 Å². The van der Waals surface area contributed by atoms with Crippen LogP contribution in [0, 0.1) is 0 Å². The molecule has 13 heavy (non-hydrogen) atoms. The maximum absolute atomic E-state index is 4.28. The molecule has 0 fully saturated rings. The van der Waals surface area contributed by atoms with Gasteiger partial charge >= 0.3 is 0 Å². The molecule has 0 aromatic heterocycles. The van der Waals surface area contributed by atoms with Gasteiger partial charge in [-0.15, -0.1) is 0 Å². The van der Waals surface area contributed by atoms with Gasteiger partial charge in [-0.05, 0) is 18.2 Å². The molecule has 2 heteroatoms. The smallest absolute Gasteiger partial charge is 0.0709 e. The van der Waals surface area contributed by atoms with E-state index < -0.39 is 0 Å². The van der Waals surface area contributed by atoms with Crippen LogP contribution in [0.1, 0.15) is 0 Å². The Bertz CT molecular complexity index is 512. The summed E-state index contributed by atoms with van der Waals surface area (Å²) < 4.78 is 0. The first kappa shape index (κ1) is 6.89. The van der Waals surface area contributed by atoms with Gasteiger partial charge in [0.15, 0.2) is 0 Å². The Kier molecular flexibility index (Phi) is 1.18. The Morgan fingerprint density at radius 3 is 3.15 bits per heavy atom. The van der Waals surface area contributed by atoms with Crippen LogP contribution in [0.15, 0.2) is 17.1 Å². The van der Waals surface area contributed by atoms with E-state index in [0.717, 1.165) is 12.2 Å². The van der Waals surface area contributed by atoms with Gasteiger partial charge in [0.1, 0.15) is 0 Å². The van der Waals surface area contributed by atoms with Crippen molar-refractivity contribution in [3.8, 4) is 0 Å². The Morgan fingerprint density at radius 1 is 1.31 bits per heavy atom. The van der Waals surface area contributed by atoms with Crippen LogP contribution in [0.2, 0.25) is 0 Å². The van der Waals surface area contributed by atoms with Gasteiger partial charge in [-0.3, -0.25) is 4.99 Å². The summed E-state index contributed by atoms with van der Waals surface area (Å²) in [5.74, 6) is 0. The molecule has 2 aliphatic heterocycles. The Hall–Kier alpha value is -1.57. The zero-order chi connectivity index (χ0) is 8.84. The second kappa shape index (κ2) is 2.22. The summed E-state index contributed by atoms with van der Waals surface area (Å²) in [6.45, 7) is 1.01. The summed E-state index contributed by atoms with van der Waals surface area (Å²) in [4.78, 5) is 6.53. The minimum absolute atomic E-state index is 1.01. The van der Waals surface area contributed by atoms with Crippen molar-refractivity contribution < 1.29 is 0 Å². The number of benzene rings is 1. The third kappa shape index (κ3) is 0.800. The average Bonchev–Trinajstić information content (AvgIpc) is 2.70. The zero-order valence-corrected chi connectivity index (χ0v) is 7.49. The molecule has 0 bridgehead atoms. The highest BCUT2D eigenvalue weighted by Crippen LogP contribution is 2.14. The molecule has 0 atom stereocenters. The fourth-order valence-corrected chi connectivity index (χ4v) is 1.97. The molecule has 0 spiro atoms. The fourth-order valence-electron chi connectivity index (χ4n) is 1.97. The van der Waals surface area contributed by atoms with Gasteiger partial charge < -0.3 is 4.90 Å². The van der Waals surface area contributed by atoms with Gasteiger partial charge in [-0.2, -0.15) is 0 Å². The minimum Gasteiger partial charge on any atom is -0.370 e. The molecule has 0 unspecified atom stereocenters. The third-order valence-electron chi connectivity index (χ3n) is 2.68. The molecule has 64 valence electrons. The van der Waals surface area contributed by atoms with E-state index in [9.17, 15) is 0 Å². The number of hydrogen-bond acceptors (Lipinski definition) is 2. The summed E-state index contributed by atoms with van der Waals surface area (Å²) in [7, 11) is 2.12. The lowest BCUT2D eigenvalue weighted by Crippen LogP contribution is -2.25. The van der Waals surface area contributed by atoms with E-state index in [1.54, 1.807) is 0 Å². The molecule has 0 saturated carbocycles. The summed E-state index contributed by atoms with van der Waals surface area (Å²) in [5, 5.41) is 2.62. The van der Waals surface area contributed by atoms with Gasteiger partial charge in [-0.1, -0.05) is 6.08 Å². The van der Waals surface area contributed by atoms with E-state index in [1.165, 1.54) is 16.1 Å². The second-order valence-corrected chi connectivity index (χ2v) is 3.46. The number of aliphatic imine (C=N–C) groups is 1. The lowest BCUT2D eigenvalue weighted by molar-refractivity contribution is 1.08. The molecule has 0 aliphatic carbocycles. The monoisotopic (exact) mass is 170 g/mol. The molecule has 1 aromatic carbocycles. The summed E-state index contributed by atoms with van der Waals surface area (Å²) in [6.07, 6.45) is 6.22. The van der Waals surface area contributed by atoms with Gasteiger partial charge in [0.25, 0.3) is 0 Å². The van der Waals surface area contributed by atoms with Crippen LogP contribution in [0.5, 0.6) is 0 Å². The summed E-state index contributed by atoms with van der Waals surface area (Å²) in [6, 6.07) is 4.23. The summed E-state index contributed by atoms with van der Waals surface area (Å²) >= 11 is 0. The highest BCUT2D eigenvalue weighted by molar-refractivity contribution is 5.97. The first-order valence-corrected chi connectivity index (χ1v) is 4.45. The van der Waals surface area contributed by atoms with E-state index >= 15 is 0 Å². The maximum atomic E-state index is 4.28. The number of hydrogen-bond donors (Lipinski definition) is 0. The minimum atomic E-state index is 1.01. The van der Waals surface area contributed by atoms with Crippen LogP contribution >= 0.6 is 0 Å². The molecule has 2 aliphatic rings. The summed E-state index contributed by atoms with van der Waals surface area (Å²) in [5.41, 5.74) is 2.42. The van der Waals surface area contributed by atoms with Crippen LogP contribution in [0.3, 0.4) is 0 Å². The predicted molar refractivity (Wildman–Crippen MR) is 56.0 cm³/mol. The highest BCUT2D eigenvalue weighted by atomic mass is 15.1. The van der Waals surface area contributed by atoms with E-state index in [2.05, 4.69) is 41.2 Å². The molecule has 2 heterocycles. The maximum Gasteiger partial charge on any atom is 0.0709 e. The van der Waals surface area contributed by atoms with Crippen LogP contribution in [0.25, 0.3) is 12.2 Å². The quantitative estimate of drug-likeness (QED) is 0.550. The highest BCUT2D eigenvalue weighted by Gasteiger charge is 2.11. The largest absolute Gasteiger partial charge is 0.370 e. The molecule has 0 radical (unpaired) electrons. The van der Waals surface area contributed by atoms with E-state index in [4.69, 9.17) is 0 Å². The van der Waals surface area contributed by atoms with E-state index in [-0.39, 0.29) is 0 Å². The Morgan fingerprint density at radius 2 is 2.23 bits per heavy atom. The van der Waals surface area contributed by atoms with Crippen molar-refractivity contribution in [3.63, 3.8) is 0 Å². The van der Waals surface area contributed by atoms with Crippen molar-refractivity contribution in [2.24, 2.45) is 4.99 Å². The topological polar surface area (TPSA) is 15.6 Å². The molecule has 0 N–H and O–H groups in total. The Labute approximate surface area is 76.5 Å².